The molecule has 3 N–H and O–H groups in total. The molecule has 0 amide bonds. The van der Waals surface area contributed by atoms with E-state index in [9.17, 15) is 24.9 Å². The molecule has 0 saturated heterocycles. The van der Waals surface area contributed by atoms with E-state index in [0.717, 1.165) is 12.0 Å². The van der Waals surface area contributed by atoms with Crippen LogP contribution in [0.5, 0.6) is 23.0 Å². The van der Waals surface area contributed by atoms with Crippen molar-refractivity contribution in [3.8, 4) is 23.0 Å². The first-order valence-electron chi connectivity index (χ1n) is 11.4. The van der Waals surface area contributed by atoms with Crippen LogP contribution in [0, 0.1) is 6.92 Å². The lowest BCUT2D eigenvalue weighted by molar-refractivity contribution is 0.101. The van der Waals surface area contributed by atoms with E-state index < -0.39 is 23.3 Å². The van der Waals surface area contributed by atoms with Gasteiger partial charge in [-0.1, -0.05) is 25.2 Å². The number of phenols is 2. The predicted molar refractivity (Wildman–Crippen MR) is 129 cm³/mol. The lowest BCUT2D eigenvalue weighted by atomic mass is 9.92. The molecule has 0 unspecified atom stereocenters. The van der Waals surface area contributed by atoms with E-state index in [1.54, 1.807) is 13.8 Å². The zero-order chi connectivity index (χ0) is 25.3. The Morgan fingerprint density at radius 1 is 1.12 bits per heavy atom. The van der Waals surface area contributed by atoms with E-state index >= 15 is 0 Å². The number of fused-ring (bicyclic) bond motifs is 1. The molecule has 1 aliphatic heterocycles. The molecular weight excluding hydrogens is 436 g/mol. The number of ketones is 1. The molecule has 0 saturated carbocycles. The predicted octanol–water partition coefficient (Wildman–Crippen LogP) is 5.03. The quantitative estimate of drug-likeness (QED) is 0.367. The molecule has 7 heteroatoms. The number of carbonyl (C=O) groups excluding carboxylic acids is 1. The van der Waals surface area contributed by atoms with Gasteiger partial charge in [-0.2, -0.15) is 0 Å². The average Bonchev–Trinajstić information content (AvgIpc) is 3.21. The topological polar surface area (TPSA) is 117 Å². The number of hydrogen-bond acceptors (Lipinski definition) is 7. The van der Waals surface area contributed by atoms with Gasteiger partial charge in [0.2, 0.25) is 0 Å². The first-order valence-corrected chi connectivity index (χ1v) is 11.4. The first-order chi connectivity index (χ1) is 16.0. The van der Waals surface area contributed by atoms with E-state index in [1.165, 1.54) is 12.5 Å². The van der Waals surface area contributed by atoms with Gasteiger partial charge in [0.15, 0.2) is 5.78 Å². The molecule has 0 spiro atoms. The summed E-state index contributed by atoms with van der Waals surface area (Å²) in [7, 11) is 0. The van der Waals surface area contributed by atoms with Crippen LogP contribution in [0.1, 0.15) is 78.9 Å². The number of carbonyl (C=O) groups is 1. The smallest absolute Gasteiger partial charge is 0.343 e. The van der Waals surface area contributed by atoms with Crippen LogP contribution >= 0.6 is 0 Å². The van der Waals surface area contributed by atoms with Crippen molar-refractivity contribution in [3.05, 3.63) is 67.8 Å². The minimum Gasteiger partial charge on any atom is -0.507 e. The van der Waals surface area contributed by atoms with Gasteiger partial charge in [-0.3, -0.25) is 4.79 Å². The Morgan fingerprint density at radius 2 is 1.79 bits per heavy atom. The number of aromatic hydroxyl groups is 3. The Hall–Kier alpha value is -3.48. The summed E-state index contributed by atoms with van der Waals surface area (Å²) < 4.78 is 11.5. The molecule has 0 fully saturated rings. The first kappa shape index (κ1) is 25.1. The van der Waals surface area contributed by atoms with Crippen LogP contribution in [0.15, 0.2) is 33.0 Å². The zero-order valence-corrected chi connectivity index (χ0v) is 20.4. The van der Waals surface area contributed by atoms with Crippen LogP contribution in [0.3, 0.4) is 0 Å². The molecule has 2 aromatic rings. The SMILES string of the molecule is C=C(CCC=C(C)C)[C@H]1Cc2c(O)c(C(C)=O)c(O)c(Cc3c(O)c(C)c(CC)oc3=O)c2O1. The number of rotatable bonds is 8. The van der Waals surface area contributed by atoms with Gasteiger partial charge in [0, 0.05) is 36.0 Å². The van der Waals surface area contributed by atoms with Crippen molar-refractivity contribution in [1.29, 1.82) is 0 Å². The lowest BCUT2D eigenvalue weighted by Crippen LogP contribution is -2.16. The third kappa shape index (κ3) is 4.60. The van der Waals surface area contributed by atoms with Crippen molar-refractivity contribution >= 4 is 5.78 Å². The molecule has 1 atom stereocenters. The van der Waals surface area contributed by atoms with Gasteiger partial charge in [-0.15, -0.1) is 0 Å². The highest BCUT2D eigenvalue weighted by Crippen LogP contribution is 2.49. The van der Waals surface area contributed by atoms with Crippen LogP contribution < -0.4 is 10.4 Å². The second-order valence-electron chi connectivity index (χ2n) is 9.00. The van der Waals surface area contributed by atoms with E-state index in [1.807, 2.05) is 13.8 Å². The number of phenolic OH excluding ortho intramolecular Hbond substituents is 2. The number of aryl methyl sites for hydroxylation is 1. The van der Waals surface area contributed by atoms with Crippen molar-refractivity contribution in [3.63, 3.8) is 0 Å². The molecular formula is C27H32O7. The van der Waals surface area contributed by atoms with Crippen molar-refractivity contribution in [1.82, 2.24) is 0 Å². The molecule has 3 rings (SSSR count). The van der Waals surface area contributed by atoms with Crippen molar-refractivity contribution < 1.29 is 29.3 Å². The van der Waals surface area contributed by atoms with E-state index in [-0.39, 0.29) is 46.8 Å². The third-order valence-electron chi connectivity index (χ3n) is 6.26. The maximum atomic E-state index is 12.6. The Balaban J connectivity index is 2.09. The van der Waals surface area contributed by atoms with Gasteiger partial charge in [-0.05, 0) is 46.1 Å². The van der Waals surface area contributed by atoms with Crippen molar-refractivity contribution in [2.45, 2.75) is 72.8 Å². The molecule has 1 aliphatic rings. The van der Waals surface area contributed by atoms with Crippen molar-refractivity contribution in [2.24, 2.45) is 0 Å². The summed E-state index contributed by atoms with van der Waals surface area (Å²) in [5.74, 6) is -0.991. The fraction of sp³-hybridized carbons (Fsp3) is 0.407. The number of Topliss-reactive ketones (excluding diaryl/α,β-unsaturated/α-hetero) is 1. The maximum Gasteiger partial charge on any atom is 0.343 e. The molecule has 1 aromatic carbocycles. The standard InChI is InChI=1S/C27H32O7/c1-7-20-15(5)23(29)19(27(32)34-20)11-17-24(30)22(16(6)28)25(31)18-12-21(33-26(17)18)14(4)10-8-9-13(2)3/h9,21,29-31H,4,7-8,10-12H2,1-3,5-6H3/t21-/m1/s1. The van der Waals surface area contributed by atoms with E-state index in [4.69, 9.17) is 9.15 Å². The van der Waals surface area contributed by atoms with Crippen LogP contribution in [0.2, 0.25) is 0 Å². The molecule has 1 aromatic heterocycles. The lowest BCUT2D eigenvalue weighted by Gasteiger charge is -2.17. The van der Waals surface area contributed by atoms with Gasteiger partial charge in [0.05, 0.1) is 5.56 Å². The molecule has 0 bridgehead atoms. The fourth-order valence-electron chi connectivity index (χ4n) is 4.32. The highest BCUT2D eigenvalue weighted by atomic mass is 16.5. The van der Waals surface area contributed by atoms with Crippen LogP contribution in [0.4, 0.5) is 0 Å². The van der Waals surface area contributed by atoms with Gasteiger partial charge in [-0.25, -0.2) is 4.79 Å². The molecule has 0 aliphatic carbocycles. The largest absolute Gasteiger partial charge is 0.507 e. The minimum atomic E-state index is -0.730. The Labute approximate surface area is 199 Å². The van der Waals surface area contributed by atoms with Crippen molar-refractivity contribution in [2.75, 3.05) is 0 Å². The second-order valence-corrected chi connectivity index (χ2v) is 9.00. The molecule has 2 heterocycles. The summed E-state index contributed by atoms with van der Waals surface area (Å²) in [6.45, 7) is 12.8. The average molecular weight is 469 g/mol. The van der Waals surface area contributed by atoms with Crippen LogP contribution in [-0.2, 0) is 19.3 Å². The molecule has 34 heavy (non-hydrogen) atoms. The van der Waals surface area contributed by atoms with Crippen LogP contribution in [-0.4, -0.2) is 27.2 Å². The fourth-order valence-corrected chi connectivity index (χ4v) is 4.32. The summed E-state index contributed by atoms with van der Waals surface area (Å²) in [6, 6.07) is 0. The summed E-state index contributed by atoms with van der Waals surface area (Å²) in [4.78, 5) is 24.9. The number of benzene rings is 1. The van der Waals surface area contributed by atoms with E-state index in [0.29, 0.717) is 29.7 Å². The van der Waals surface area contributed by atoms with E-state index in [2.05, 4.69) is 12.7 Å². The minimum absolute atomic E-state index is 0.0539. The Bertz CT molecular complexity index is 1240. The molecule has 0 radical (unpaired) electrons. The van der Waals surface area contributed by atoms with Crippen LogP contribution in [0.25, 0.3) is 0 Å². The number of hydrogen-bond donors (Lipinski definition) is 3. The highest BCUT2D eigenvalue weighted by molar-refractivity contribution is 6.01. The number of ether oxygens (including phenoxy) is 1. The van der Waals surface area contributed by atoms with Gasteiger partial charge in [0.25, 0.3) is 0 Å². The Kier molecular flexibility index (Phi) is 7.24. The summed E-state index contributed by atoms with van der Waals surface area (Å²) in [5.41, 5.74) is 1.94. The zero-order valence-electron chi connectivity index (χ0n) is 20.4. The second kappa shape index (κ2) is 9.79. The summed E-state index contributed by atoms with van der Waals surface area (Å²) in [5, 5.41) is 32.4. The molecule has 182 valence electrons. The van der Waals surface area contributed by atoms with Gasteiger partial charge >= 0.3 is 5.63 Å². The maximum absolute atomic E-state index is 12.6. The number of allylic oxidation sites excluding steroid dienone is 2. The summed E-state index contributed by atoms with van der Waals surface area (Å²) >= 11 is 0. The third-order valence-corrected chi connectivity index (χ3v) is 6.26. The monoisotopic (exact) mass is 468 g/mol. The highest BCUT2D eigenvalue weighted by Gasteiger charge is 2.36. The summed E-state index contributed by atoms with van der Waals surface area (Å²) in [6.07, 6.45) is 3.58. The molecule has 7 nitrogen and oxygen atoms in total. The van der Waals surface area contributed by atoms with Gasteiger partial charge in [0.1, 0.15) is 40.4 Å². The van der Waals surface area contributed by atoms with Gasteiger partial charge < -0.3 is 24.5 Å². The Morgan fingerprint density at radius 3 is 2.38 bits per heavy atom. The normalized spacial score (nSPS) is 14.4.